The lowest BCUT2D eigenvalue weighted by molar-refractivity contribution is 0.0945. The number of amides is 1. The van der Waals surface area contributed by atoms with Gasteiger partial charge in [-0.1, -0.05) is 12.1 Å². The topological polar surface area (TPSA) is 55.1 Å². The maximum atomic E-state index is 13.1. The first-order chi connectivity index (χ1) is 12.1. The Bertz CT molecular complexity index is 910. The quantitative estimate of drug-likeness (QED) is 0.741. The molecule has 1 saturated carbocycles. The SMILES string of the molecule is Cc1ccc(-c2nc(C(=O)NCC3(c4ccc(F)cc4)CC3)cs2)o1. The van der Waals surface area contributed by atoms with Gasteiger partial charge in [0.2, 0.25) is 0 Å². The molecule has 2 aromatic heterocycles. The van der Waals surface area contributed by atoms with Crippen LogP contribution in [0.2, 0.25) is 0 Å². The van der Waals surface area contributed by atoms with Crippen molar-refractivity contribution in [3.8, 4) is 10.8 Å². The van der Waals surface area contributed by atoms with E-state index in [0.29, 0.717) is 23.0 Å². The molecule has 1 aromatic carbocycles. The molecule has 6 heteroatoms. The molecule has 128 valence electrons. The Labute approximate surface area is 148 Å². The van der Waals surface area contributed by atoms with Gasteiger partial charge in [-0.05, 0) is 49.6 Å². The molecule has 0 spiro atoms. The van der Waals surface area contributed by atoms with Crippen molar-refractivity contribution in [2.75, 3.05) is 6.54 Å². The van der Waals surface area contributed by atoms with Gasteiger partial charge >= 0.3 is 0 Å². The van der Waals surface area contributed by atoms with Gasteiger partial charge in [0.1, 0.15) is 17.3 Å². The molecule has 0 bridgehead atoms. The van der Waals surface area contributed by atoms with Crippen molar-refractivity contribution in [3.05, 3.63) is 64.6 Å². The van der Waals surface area contributed by atoms with E-state index in [1.807, 2.05) is 19.1 Å². The minimum absolute atomic E-state index is 0.0691. The number of halogens is 1. The van der Waals surface area contributed by atoms with Crippen molar-refractivity contribution in [2.45, 2.75) is 25.2 Å². The van der Waals surface area contributed by atoms with Crippen LogP contribution in [0.25, 0.3) is 10.8 Å². The minimum Gasteiger partial charge on any atom is -0.459 e. The fourth-order valence-electron chi connectivity index (χ4n) is 2.90. The number of carbonyl (C=O) groups is 1. The molecule has 0 unspecified atom stereocenters. The first kappa shape index (κ1) is 16.0. The molecule has 0 aliphatic heterocycles. The Morgan fingerprint density at radius 2 is 2.04 bits per heavy atom. The summed E-state index contributed by atoms with van der Waals surface area (Å²) in [5.74, 6) is 1.05. The Morgan fingerprint density at radius 3 is 2.68 bits per heavy atom. The fraction of sp³-hybridized carbons (Fsp3) is 0.263. The lowest BCUT2D eigenvalue weighted by Crippen LogP contribution is -2.32. The Morgan fingerprint density at radius 1 is 1.28 bits per heavy atom. The van der Waals surface area contributed by atoms with E-state index >= 15 is 0 Å². The molecule has 0 atom stereocenters. The van der Waals surface area contributed by atoms with E-state index < -0.39 is 0 Å². The van der Waals surface area contributed by atoms with Gasteiger partial charge < -0.3 is 9.73 Å². The van der Waals surface area contributed by atoms with Crippen LogP contribution in [-0.4, -0.2) is 17.4 Å². The molecule has 4 rings (SSSR count). The molecule has 2 heterocycles. The van der Waals surface area contributed by atoms with Crippen molar-refractivity contribution in [1.29, 1.82) is 0 Å². The molecule has 1 N–H and O–H groups in total. The lowest BCUT2D eigenvalue weighted by atomic mass is 9.96. The number of benzene rings is 1. The standard InChI is InChI=1S/C19H17FN2O2S/c1-12-2-7-16(24-12)18-22-15(10-25-18)17(23)21-11-19(8-9-19)13-3-5-14(20)6-4-13/h2-7,10H,8-9,11H2,1H3,(H,21,23). The minimum atomic E-state index is -0.244. The largest absolute Gasteiger partial charge is 0.459 e. The van der Waals surface area contributed by atoms with Gasteiger partial charge in [0.05, 0.1) is 0 Å². The number of hydrogen-bond donors (Lipinski definition) is 1. The molecule has 0 saturated heterocycles. The van der Waals surface area contributed by atoms with Gasteiger partial charge in [-0.3, -0.25) is 4.79 Å². The number of thiazole rings is 1. The van der Waals surface area contributed by atoms with Crippen LogP contribution in [0.5, 0.6) is 0 Å². The van der Waals surface area contributed by atoms with Crippen molar-refractivity contribution in [1.82, 2.24) is 10.3 Å². The monoisotopic (exact) mass is 356 g/mol. The van der Waals surface area contributed by atoms with Crippen LogP contribution in [0, 0.1) is 12.7 Å². The summed E-state index contributed by atoms with van der Waals surface area (Å²) < 4.78 is 18.6. The van der Waals surface area contributed by atoms with Crippen LogP contribution < -0.4 is 5.32 Å². The molecule has 4 nitrogen and oxygen atoms in total. The highest BCUT2D eigenvalue weighted by molar-refractivity contribution is 7.13. The van der Waals surface area contributed by atoms with Crippen LogP contribution in [-0.2, 0) is 5.41 Å². The molecule has 0 radical (unpaired) electrons. The van der Waals surface area contributed by atoms with Gasteiger partial charge in [0, 0.05) is 17.3 Å². The zero-order chi connectivity index (χ0) is 17.4. The molecule has 25 heavy (non-hydrogen) atoms. The molecule has 1 aliphatic carbocycles. The first-order valence-corrected chi connectivity index (χ1v) is 9.00. The number of nitrogens with zero attached hydrogens (tertiary/aromatic N) is 1. The summed E-state index contributed by atoms with van der Waals surface area (Å²) >= 11 is 1.38. The zero-order valence-electron chi connectivity index (χ0n) is 13.7. The van der Waals surface area contributed by atoms with Gasteiger partial charge in [-0.25, -0.2) is 9.37 Å². The number of nitrogens with one attached hydrogen (secondary N) is 1. The van der Waals surface area contributed by atoms with E-state index in [4.69, 9.17) is 4.42 Å². The third-order valence-corrected chi connectivity index (χ3v) is 5.44. The summed E-state index contributed by atoms with van der Waals surface area (Å²) in [6.07, 6.45) is 1.99. The smallest absolute Gasteiger partial charge is 0.270 e. The number of aromatic nitrogens is 1. The van der Waals surface area contributed by atoms with Crippen LogP contribution in [0.15, 0.2) is 46.2 Å². The third kappa shape index (κ3) is 3.22. The first-order valence-electron chi connectivity index (χ1n) is 8.12. The fourth-order valence-corrected chi connectivity index (χ4v) is 3.66. The summed E-state index contributed by atoms with van der Waals surface area (Å²) in [6.45, 7) is 2.40. The van der Waals surface area contributed by atoms with Crippen molar-refractivity contribution in [3.63, 3.8) is 0 Å². The van der Waals surface area contributed by atoms with Crippen LogP contribution in [0.4, 0.5) is 4.39 Å². The van der Waals surface area contributed by atoms with E-state index in [-0.39, 0.29) is 17.1 Å². The Kier molecular flexibility index (Phi) is 3.92. The van der Waals surface area contributed by atoms with Crippen molar-refractivity contribution in [2.24, 2.45) is 0 Å². The molecule has 1 amide bonds. The lowest BCUT2D eigenvalue weighted by Gasteiger charge is -2.16. The summed E-state index contributed by atoms with van der Waals surface area (Å²) in [4.78, 5) is 16.8. The number of aryl methyl sites for hydroxylation is 1. The number of rotatable bonds is 5. The molecular weight excluding hydrogens is 339 g/mol. The summed E-state index contributed by atoms with van der Waals surface area (Å²) in [5.41, 5.74) is 1.39. The summed E-state index contributed by atoms with van der Waals surface area (Å²) in [7, 11) is 0. The Hall–Kier alpha value is -2.47. The highest BCUT2D eigenvalue weighted by Crippen LogP contribution is 2.47. The van der Waals surface area contributed by atoms with E-state index in [1.54, 1.807) is 17.5 Å². The van der Waals surface area contributed by atoms with E-state index in [0.717, 1.165) is 24.2 Å². The van der Waals surface area contributed by atoms with E-state index in [2.05, 4.69) is 10.3 Å². The average Bonchev–Trinajstić information content (AvgIpc) is 3.03. The number of hydrogen-bond acceptors (Lipinski definition) is 4. The third-order valence-electron chi connectivity index (χ3n) is 4.59. The second kappa shape index (κ2) is 6.11. The molecule has 1 aliphatic rings. The molecule has 3 aromatic rings. The summed E-state index contributed by atoms with van der Waals surface area (Å²) in [5, 5.41) is 5.39. The predicted molar refractivity (Wildman–Crippen MR) is 94.2 cm³/mol. The van der Waals surface area contributed by atoms with Crippen molar-refractivity contribution < 1.29 is 13.6 Å². The van der Waals surface area contributed by atoms with Gasteiger partial charge in [0.15, 0.2) is 10.8 Å². The average molecular weight is 356 g/mol. The van der Waals surface area contributed by atoms with Crippen LogP contribution in [0.3, 0.4) is 0 Å². The van der Waals surface area contributed by atoms with Gasteiger partial charge in [-0.15, -0.1) is 11.3 Å². The van der Waals surface area contributed by atoms with Gasteiger partial charge in [-0.2, -0.15) is 0 Å². The summed E-state index contributed by atoms with van der Waals surface area (Å²) in [6, 6.07) is 10.3. The maximum Gasteiger partial charge on any atom is 0.270 e. The van der Waals surface area contributed by atoms with Crippen LogP contribution >= 0.6 is 11.3 Å². The van der Waals surface area contributed by atoms with Gasteiger partial charge in [0.25, 0.3) is 5.91 Å². The number of carbonyl (C=O) groups excluding carboxylic acids is 1. The Balaban J connectivity index is 1.43. The maximum absolute atomic E-state index is 13.1. The molecule has 1 fully saturated rings. The highest BCUT2D eigenvalue weighted by Gasteiger charge is 2.44. The van der Waals surface area contributed by atoms with E-state index in [9.17, 15) is 9.18 Å². The van der Waals surface area contributed by atoms with Crippen molar-refractivity contribution >= 4 is 17.2 Å². The zero-order valence-corrected chi connectivity index (χ0v) is 14.5. The second-order valence-corrected chi connectivity index (χ2v) is 7.28. The normalized spacial score (nSPS) is 15.1. The van der Waals surface area contributed by atoms with Crippen LogP contribution in [0.1, 0.15) is 34.7 Å². The number of furan rings is 1. The predicted octanol–water partition coefficient (Wildman–Crippen LogP) is 4.31. The second-order valence-electron chi connectivity index (χ2n) is 6.42. The highest BCUT2D eigenvalue weighted by atomic mass is 32.1. The molecular formula is C19H17FN2O2S. The van der Waals surface area contributed by atoms with E-state index in [1.165, 1.54) is 23.5 Å².